The maximum Gasteiger partial charge on any atom is 0.222 e. The van der Waals surface area contributed by atoms with E-state index in [0.717, 1.165) is 17.0 Å². The number of pyridine rings is 1. The smallest absolute Gasteiger partial charge is 0.222 e. The molecule has 4 nitrogen and oxygen atoms in total. The molecule has 1 aromatic carbocycles. The highest BCUT2D eigenvalue weighted by atomic mass is 16.5. The first kappa shape index (κ1) is 17.0. The molecule has 23 heavy (non-hydrogen) atoms. The van der Waals surface area contributed by atoms with Crippen molar-refractivity contribution in [3.63, 3.8) is 0 Å². The van der Waals surface area contributed by atoms with Gasteiger partial charge in [0.15, 0.2) is 0 Å². The van der Waals surface area contributed by atoms with E-state index in [0.29, 0.717) is 5.88 Å². The summed E-state index contributed by atoms with van der Waals surface area (Å²) in [6, 6.07) is 10.1. The van der Waals surface area contributed by atoms with Crippen LogP contribution >= 0.6 is 0 Å². The van der Waals surface area contributed by atoms with Crippen molar-refractivity contribution >= 4 is 12.0 Å². The zero-order chi connectivity index (χ0) is 17.0. The van der Waals surface area contributed by atoms with Crippen molar-refractivity contribution in [2.24, 2.45) is 4.99 Å². The van der Waals surface area contributed by atoms with Crippen LogP contribution < -0.4 is 4.74 Å². The third-order valence-corrected chi connectivity index (χ3v) is 3.37. The minimum absolute atomic E-state index is 0.0899. The van der Waals surface area contributed by atoms with E-state index >= 15 is 0 Å². The molecule has 0 amide bonds. The number of hydrogen-bond donors (Lipinski definition) is 0. The SMILES string of the molecule is Cc1cc(/N=C/N(C)C)cnc1Oc1cccc(C(C)(C)C)c1. The first-order chi connectivity index (χ1) is 10.8. The molecule has 0 N–H and O–H groups in total. The van der Waals surface area contributed by atoms with Crippen molar-refractivity contribution in [1.29, 1.82) is 0 Å². The molecule has 0 aliphatic rings. The summed E-state index contributed by atoms with van der Waals surface area (Å²) in [5.74, 6) is 1.41. The number of ether oxygens (including phenoxy) is 1. The summed E-state index contributed by atoms with van der Waals surface area (Å²) in [7, 11) is 3.87. The van der Waals surface area contributed by atoms with E-state index in [2.05, 4.69) is 42.9 Å². The molecule has 4 heteroatoms. The summed E-state index contributed by atoms with van der Waals surface area (Å²) in [5.41, 5.74) is 3.10. The van der Waals surface area contributed by atoms with Gasteiger partial charge in [-0.1, -0.05) is 32.9 Å². The Morgan fingerprint density at radius 2 is 1.91 bits per heavy atom. The highest BCUT2D eigenvalue weighted by Crippen LogP contribution is 2.29. The van der Waals surface area contributed by atoms with E-state index in [-0.39, 0.29) is 5.41 Å². The number of hydrogen-bond acceptors (Lipinski definition) is 3. The van der Waals surface area contributed by atoms with Crippen LogP contribution in [0.5, 0.6) is 11.6 Å². The van der Waals surface area contributed by atoms with Gasteiger partial charge < -0.3 is 9.64 Å². The second kappa shape index (κ2) is 6.82. The summed E-state index contributed by atoms with van der Waals surface area (Å²) >= 11 is 0. The number of aromatic nitrogens is 1. The van der Waals surface area contributed by atoms with Crippen LogP contribution in [0.4, 0.5) is 5.69 Å². The van der Waals surface area contributed by atoms with Crippen LogP contribution in [0.3, 0.4) is 0 Å². The average Bonchev–Trinajstić information content (AvgIpc) is 2.47. The first-order valence-electron chi connectivity index (χ1n) is 7.71. The van der Waals surface area contributed by atoms with Crippen LogP contribution in [0, 0.1) is 6.92 Å². The van der Waals surface area contributed by atoms with E-state index in [1.54, 1.807) is 12.5 Å². The van der Waals surface area contributed by atoms with E-state index in [1.165, 1.54) is 5.56 Å². The average molecular weight is 311 g/mol. The zero-order valence-corrected chi connectivity index (χ0v) is 14.8. The minimum atomic E-state index is 0.0899. The summed E-state index contributed by atoms with van der Waals surface area (Å²) in [6.45, 7) is 8.54. The van der Waals surface area contributed by atoms with E-state index in [4.69, 9.17) is 4.74 Å². The molecule has 0 unspecified atom stereocenters. The van der Waals surface area contributed by atoms with Gasteiger partial charge in [-0.05, 0) is 36.1 Å². The minimum Gasteiger partial charge on any atom is -0.439 e. The van der Waals surface area contributed by atoms with Crippen molar-refractivity contribution in [1.82, 2.24) is 9.88 Å². The monoisotopic (exact) mass is 311 g/mol. The Kier molecular flexibility index (Phi) is 5.04. The Balaban J connectivity index is 2.21. The lowest BCUT2D eigenvalue weighted by Crippen LogP contribution is -2.10. The quantitative estimate of drug-likeness (QED) is 0.606. The zero-order valence-electron chi connectivity index (χ0n) is 14.8. The fourth-order valence-corrected chi connectivity index (χ4v) is 2.04. The lowest BCUT2D eigenvalue weighted by molar-refractivity contribution is 0.456. The summed E-state index contributed by atoms with van der Waals surface area (Å²) in [6.07, 6.45) is 3.47. The van der Waals surface area contributed by atoms with Crippen LogP contribution in [-0.2, 0) is 5.41 Å². The second-order valence-electron chi connectivity index (χ2n) is 6.90. The maximum atomic E-state index is 5.95. The van der Waals surface area contributed by atoms with Gasteiger partial charge in [-0.25, -0.2) is 9.98 Å². The van der Waals surface area contributed by atoms with Gasteiger partial charge in [0.1, 0.15) is 5.75 Å². The molecule has 0 radical (unpaired) electrons. The van der Waals surface area contributed by atoms with Gasteiger partial charge >= 0.3 is 0 Å². The van der Waals surface area contributed by atoms with Crippen LogP contribution in [-0.4, -0.2) is 30.3 Å². The number of nitrogens with zero attached hydrogens (tertiary/aromatic N) is 3. The number of rotatable bonds is 4. The molecule has 1 aromatic heterocycles. The van der Waals surface area contributed by atoms with Crippen molar-refractivity contribution in [2.75, 3.05) is 14.1 Å². The van der Waals surface area contributed by atoms with Crippen molar-refractivity contribution < 1.29 is 4.74 Å². The predicted molar refractivity (Wildman–Crippen MR) is 96.0 cm³/mol. The Labute approximate surface area is 138 Å². The normalized spacial score (nSPS) is 11.7. The van der Waals surface area contributed by atoms with Crippen LogP contribution in [0.25, 0.3) is 0 Å². The molecule has 0 fully saturated rings. The molecular formula is C19H25N3O. The van der Waals surface area contributed by atoms with Crippen LogP contribution in [0.1, 0.15) is 31.9 Å². The van der Waals surface area contributed by atoms with Gasteiger partial charge in [-0.15, -0.1) is 0 Å². The van der Waals surface area contributed by atoms with Crippen molar-refractivity contribution in [2.45, 2.75) is 33.1 Å². The highest BCUT2D eigenvalue weighted by Gasteiger charge is 2.14. The molecule has 2 aromatic rings. The number of benzene rings is 1. The molecule has 0 spiro atoms. The fraction of sp³-hybridized carbons (Fsp3) is 0.368. The molecule has 1 heterocycles. The summed E-state index contributed by atoms with van der Waals surface area (Å²) in [4.78, 5) is 10.6. The highest BCUT2D eigenvalue weighted by molar-refractivity contribution is 5.60. The molecule has 0 aliphatic carbocycles. The first-order valence-corrected chi connectivity index (χ1v) is 7.71. The Morgan fingerprint density at radius 1 is 1.17 bits per heavy atom. The van der Waals surface area contributed by atoms with Gasteiger partial charge in [0.25, 0.3) is 0 Å². The Morgan fingerprint density at radius 3 is 2.52 bits per heavy atom. The molecule has 0 aliphatic heterocycles. The predicted octanol–water partition coefficient (Wildman–Crippen LogP) is 4.70. The standard InChI is InChI=1S/C19H25N3O/c1-14-10-16(21-13-22(5)6)12-20-18(14)23-17-9-7-8-15(11-17)19(2,3)4/h7-13H,1-6H3/b21-13+. The summed E-state index contributed by atoms with van der Waals surface area (Å²) < 4.78 is 5.95. The largest absolute Gasteiger partial charge is 0.439 e. The molecule has 2 rings (SSSR count). The van der Waals surface area contributed by atoms with Gasteiger partial charge in [0.05, 0.1) is 18.2 Å². The third-order valence-electron chi connectivity index (χ3n) is 3.37. The van der Waals surface area contributed by atoms with Crippen molar-refractivity contribution in [3.8, 4) is 11.6 Å². The molecule has 0 saturated carbocycles. The number of aliphatic imine (C=N–C) groups is 1. The van der Waals surface area contributed by atoms with Crippen LogP contribution in [0.2, 0.25) is 0 Å². The van der Waals surface area contributed by atoms with Gasteiger partial charge in [-0.3, -0.25) is 0 Å². The molecule has 0 saturated heterocycles. The molecule has 0 bridgehead atoms. The lowest BCUT2D eigenvalue weighted by Gasteiger charge is -2.19. The van der Waals surface area contributed by atoms with Gasteiger partial charge in [-0.2, -0.15) is 0 Å². The van der Waals surface area contributed by atoms with E-state index < -0.39 is 0 Å². The fourth-order valence-electron chi connectivity index (χ4n) is 2.04. The Bertz CT molecular complexity index is 700. The number of aryl methyl sites for hydroxylation is 1. The van der Waals surface area contributed by atoms with Gasteiger partial charge in [0, 0.05) is 19.7 Å². The third kappa shape index (κ3) is 4.81. The molecule has 122 valence electrons. The Hall–Kier alpha value is -2.36. The second-order valence-corrected chi connectivity index (χ2v) is 6.90. The maximum absolute atomic E-state index is 5.95. The van der Waals surface area contributed by atoms with E-state index in [1.807, 2.05) is 44.1 Å². The summed E-state index contributed by atoms with van der Waals surface area (Å²) in [5, 5.41) is 0. The topological polar surface area (TPSA) is 37.7 Å². The molecular weight excluding hydrogens is 286 g/mol. The molecule has 0 atom stereocenters. The van der Waals surface area contributed by atoms with Crippen LogP contribution in [0.15, 0.2) is 41.5 Å². The van der Waals surface area contributed by atoms with Crippen molar-refractivity contribution in [3.05, 3.63) is 47.7 Å². The van der Waals surface area contributed by atoms with E-state index in [9.17, 15) is 0 Å². The lowest BCUT2D eigenvalue weighted by atomic mass is 9.87. The van der Waals surface area contributed by atoms with Gasteiger partial charge in [0.2, 0.25) is 5.88 Å².